The van der Waals surface area contributed by atoms with Crippen LogP contribution in [0.3, 0.4) is 0 Å². The van der Waals surface area contributed by atoms with Crippen molar-refractivity contribution in [1.29, 1.82) is 0 Å². The van der Waals surface area contributed by atoms with E-state index in [0.717, 1.165) is 11.1 Å². The van der Waals surface area contributed by atoms with Crippen LogP contribution in [0.1, 0.15) is 0 Å². The molecule has 0 aromatic heterocycles. The molecule has 0 amide bonds. The molecule has 18 heavy (non-hydrogen) atoms. The molecular formula is C12H7BCl3NO. The molecule has 0 atom stereocenters. The second kappa shape index (κ2) is 4.35. The van der Waals surface area contributed by atoms with Crippen LogP contribution in [0, 0.1) is 0 Å². The van der Waals surface area contributed by atoms with Crippen LogP contribution in [0.4, 0.5) is 5.69 Å². The largest absolute Gasteiger partial charge is 0.447 e. The van der Waals surface area contributed by atoms with Crippen LogP contribution < -0.4 is 10.7 Å². The van der Waals surface area contributed by atoms with E-state index in [1.165, 1.54) is 0 Å². The molecule has 0 radical (unpaired) electrons. The van der Waals surface area contributed by atoms with Crippen molar-refractivity contribution in [3.8, 4) is 11.1 Å². The first-order valence-electron chi connectivity index (χ1n) is 5.30. The average molecular weight is 298 g/mol. The molecule has 2 N–H and O–H groups in total. The van der Waals surface area contributed by atoms with E-state index in [9.17, 15) is 5.02 Å². The predicted octanol–water partition coefficient (Wildman–Crippen LogP) is 3.43. The molecule has 0 saturated carbocycles. The van der Waals surface area contributed by atoms with Crippen LogP contribution in [0.2, 0.25) is 15.1 Å². The van der Waals surface area contributed by atoms with Gasteiger partial charge in [0.2, 0.25) is 0 Å². The van der Waals surface area contributed by atoms with Gasteiger partial charge in [-0.15, -0.1) is 0 Å². The summed E-state index contributed by atoms with van der Waals surface area (Å²) in [7, 11) is -0.829. The number of nitrogens with one attached hydrogen (secondary N) is 1. The summed E-state index contributed by atoms with van der Waals surface area (Å²) in [5.74, 6) is 0. The molecule has 3 rings (SSSR count). The summed E-state index contributed by atoms with van der Waals surface area (Å²) in [6.45, 7) is 0. The summed E-state index contributed by atoms with van der Waals surface area (Å²) in [4.78, 5) is 0. The van der Waals surface area contributed by atoms with Crippen molar-refractivity contribution < 1.29 is 5.02 Å². The van der Waals surface area contributed by atoms with Crippen LogP contribution in [-0.2, 0) is 0 Å². The second-order valence-corrected chi connectivity index (χ2v) is 5.37. The fourth-order valence-corrected chi connectivity index (χ4v) is 2.88. The summed E-state index contributed by atoms with van der Waals surface area (Å²) in [6, 6.07) is 8.81. The molecule has 1 heterocycles. The van der Waals surface area contributed by atoms with Gasteiger partial charge in [-0.1, -0.05) is 40.9 Å². The van der Waals surface area contributed by atoms with Crippen molar-refractivity contribution in [1.82, 2.24) is 0 Å². The van der Waals surface area contributed by atoms with Crippen molar-refractivity contribution in [2.24, 2.45) is 0 Å². The molecule has 0 bridgehead atoms. The minimum absolute atomic E-state index is 0.483. The Labute approximate surface area is 120 Å². The average Bonchev–Trinajstić information content (AvgIpc) is 2.31. The van der Waals surface area contributed by atoms with E-state index < -0.39 is 7.05 Å². The standard InChI is InChI=1S/C12H7BCl3NO/c14-6-1-2-8-9-3-7(15)5-11(16)12(9)17-13(18)10(8)4-6/h1-5,17-18H. The maximum atomic E-state index is 10.1. The van der Waals surface area contributed by atoms with Gasteiger partial charge in [-0.3, -0.25) is 0 Å². The molecule has 0 saturated heterocycles. The van der Waals surface area contributed by atoms with Crippen LogP contribution in [0.25, 0.3) is 11.1 Å². The Balaban J connectivity index is 2.32. The highest BCUT2D eigenvalue weighted by Crippen LogP contribution is 2.39. The Morgan fingerprint density at radius 3 is 2.50 bits per heavy atom. The van der Waals surface area contributed by atoms with Gasteiger partial charge in [0.15, 0.2) is 0 Å². The van der Waals surface area contributed by atoms with E-state index >= 15 is 0 Å². The zero-order chi connectivity index (χ0) is 12.9. The van der Waals surface area contributed by atoms with E-state index in [1.807, 2.05) is 12.1 Å². The summed E-state index contributed by atoms with van der Waals surface area (Å²) in [6.07, 6.45) is 0. The summed E-state index contributed by atoms with van der Waals surface area (Å²) < 4.78 is 0. The highest BCUT2D eigenvalue weighted by atomic mass is 35.5. The maximum Gasteiger partial charge on any atom is 0.447 e. The van der Waals surface area contributed by atoms with Crippen LogP contribution in [-0.4, -0.2) is 12.1 Å². The van der Waals surface area contributed by atoms with E-state index in [4.69, 9.17) is 34.8 Å². The molecular weight excluding hydrogens is 291 g/mol. The minimum atomic E-state index is -0.829. The fraction of sp³-hybridized carbons (Fsp3) is 0. The lowest BCUT2D eigenvalue weighted by Gasteiger charge is -2.25. The minimum Gasteiger partial charge on any atom is -0.429 e. The number of benzene rings is 2. The quantitative estimate of drug-likeness (QED) is 0.730. The summed E-state index contributed by atoms with van der Waals surface area (Å²) >= 11 is 18.1. The van der Waals surface area contributed by atoms with Gasteiger partial charge in [0.1, 0.15) is 0 Å². The molecule has 6 heteroatoms. The lowest BCUT2D eigenvalue weighted by molar-refractivity contribution is 0.593. The zero-order valence-electron chi connectivity index (χ0n) is 9.05. The Morgan fingerprint density at radius 1 is 0.944 bits per heavy atom. The molecule has 0 spiro atoms. The van der Waals surface area contributed by atoms with Gasteiger partial charge in [-0.2, -0.15) is 0 Å². The van der Waals surface area contributed by atoms with Crippen molar-refractivity contribution in [3.05, 3.63) is 45.4 Å². The Bertz CT molecular complexity index is 647. The molecule has 1 aliphatic heterocycles. The highest BCUT2D eigenvalue weighted by molar-refractivity contribution is 6.72. The van der Waals surface area contributed by atoms with Gasteiger partial charge in [0, 0.05) is 15.6 Å². The predicted molar refractivity (Wildman–Crippen MR) is 78.1 cm³/mol. The lowest BCUT2D eigenvalue weighted by Crippen LogP contribution is -2.42. The van der Waals surface area contributed by atoms with Crippen LogP contribution >= 0.6 is 34.8 Å². The van der Waals surface area contributed by atoms with Gasteiger partial charge in [-0.25, -0.2) is 0 Å². The Hall–Kier alpha value is -0.865. The summed E-state index contributed by atoms with van der Waals surface area (Å²) in [5.41, 5.74) is 3.14. The van der Waals surface area contributed by atoms with Gasteiger partial charge in [0.25, 0.3) is 0 Å². The maximum absolute atomic E-state index is 10.1. The molecule has 0 aliphatic carbocycles. The molecule has 2 nitrogen and oxygen atoms in total. The van der Waals surface area contributed by atoms with Crippen molar-refractivity contribution in [2.45, 2.75) is 0 Å². The van der Waals surface area contributed by atoms with Crippen molar-refractivity contribution >= 4 is 53.0 Å². The molecule has 0 unspecified atom stereocenters. The zero-order valence-corrected chi connectivity index (χ0v) is 11.3. The number of hydrogen-bond donors (Lipinski definition) is 2. The first-order valence-corrected chi connectivity index (χ1v) is 6.43. The molecule has 1 aliphatic rings. The monoisotopic (exact) mass is 297 g/mol. The second-order valence-electron chi connectivity index (χ2n) is 4.09. The SMILES string of the molecule is OB1Nc2c(Cl)cc(Cl)cc2-c2ccc(Cl)cc21. The van der Waals surface area contributed by atoms with Gasteiger partial charge in [0.05, 0.1) is 10.7 Å². The van der Waals surface area contributed by atoms with E-state index in [-0.39, 0.29) is 0 Å². The smallest absolute Gasteiger partial charge is 0.429 e. The molecule has 0 fully saturated rings. The number of anilines is 1. The molecule has 2 aromatic carbocycles. The third-order valence-corrected chi connectivity index (χ3v) is 3.69. The third-order valence-electron chi connectivity index (χ3n) is 2.93. The molecule has 90 valence electrons. The topological polar surface area (TPSA) is 32.3 Å². The van der Waals surface area contributed by atoms with Gasteiger partial charge < -0.3 is 10.3 Å². The normalized spacial score (nSPS) is 12.8. The van der Waals surface area contributed by atoms with Crippen LogP contribution in [0.5, 0.6) is 0 Å². The molecule has 2 aromatic rings. The van der Waals surface area contributed by atoms with Gasteiger partial charge in [-0.05, 0) is 35.3 Å². The number of hydrogen-bond acceptors (Lipinski definition) is 2. The number of fused-ring (bicyclic) bond motifs is 3. The first kappa shape index (κ1) is 12.2. The van der Waals surface area contributed by atoms with Gasteiger partial charge >= 0.3 is 7.05 Å². The van der Waals surface area contributed by atoms with Crippen molar-refractivity contribution in [3.63, 3.8) is 0 Å². The van der Waals surface area contributed by atoms with Crippen molar-refractivity contribution in [2.75, 3.05) is 5.23 Å². The summed E-state index contributed by atoms with van der Waals surface area (Å²) in [5, 5.41) is 14.6. The van der Waals surface area contributed by atoms with E-state index in [1.54, 1.807) is 18.2 Å². The lowest BCUT2D eigenvalue weighted by atomic mass is 9.67. The third kappa shape index (κ3) is 1.88. The van der Waals surface area contributed by atoms with E-state index in [0.29, 0.717) is 26.2 Å². The first-order chi connectivity index (χ1) is 8.56. The van der Waals surface area contributed by atoms with E-state index in [2.05, 4.69) is 5.23 Å². The van der Waals surface area contributed by atoms with Crippen LogP contribution in [0.15, 0.2) is 30.3 Å². The number of rotatable bonds is 0. The highest BCUT2D eigenvalue weighted by Gasteiger charge is 2.28. The fourth-order valence-electron chi connectivity index (χ4n) is 2.15. The Morgan fingerprint density at radius 2 is 1.72 bits per heavy atom. The Kier molecular flexibility index (Phi) is 2.95. The number of halogens is 3.